The van der Waals surface area contributed by atoms with E-state index in [2.05, 4.69) is 27.9 Å². The van der Waals surface area contributed by atoms with E-state index in [1.807, 2.05) is 0 Å². The standard InChI is InChI=1S/C17H16INO4/c1-3-16(20)19-12-5-7-13(8-6-12)23-17(21)11-4-9-15(22-2)14(18)10-11/h4-10H,3H2,1-2H3,(H,19,20). The third kappa shape index (κ3) is 4.69. The van der Waals surface area contributed by atoms with Gasteiger partial charge >= 0.3 is 5.97 Å². The zero-order valence-electron chi connectivity index (χ0n) is 12.8. The molecule has 2 rings (SSSR count). The zero-order chi connectivity index (χ0) is 16.8. The van der Waals surface area contributed by atoms with Gasteiger partial charge in [0.1, 0.15) is 11.5 Å². The fourth-order valence-electron chi connectivity index (χ4n) is 1.82. The van der Waals surface area contributed by atoms with Crippen LogP contribution in [0, 0.1) is 3.57 Å². The van der Waals surface area contributed by atoms with Crippen molar-refractivity contribution in [1.29, 1.82) is 0 Å². The van der Waals surface area contributed by atoms with E-state index in [1.54, 1.807) is 56.5 Å². The largest absolute Gasteiger partial charge is 0.496 e. The zero-order valence-corrected chi connectivity index (χ0v) is 14.9. The summed E-state index contributed by atoms with van der Waals surface area (Å²) < 4.78 is 11.3. The summed E-state index contributed by atoms with van der Waals surface area (Å²) in [5.74, 6) is 0.604. The summed E-state index contributed by atoms with van der Waals surface area (Å²) in [4.78, 5) is 23.4. The van der Waals surface area contributed by atoms with Gasteiger partial charge in [-0.2, -0.15) is 0 Å². The molecule has 0 unspecified atom stereocenters. The first-order valence-electron chi connectivity index (χ1n) is 6.99. The average molecular weight is 425 g/mol. The Morgan fingerprint density at radius 3 is 2.39 bits per heavy atom. The van der Waals surface area contributed by atoms with Gasteiger partial charge in [-0.25, -0.2) is 4.79 Å². The first kappa shape index (κ1) is 17.3. The lowest BCUT2D eigenvalue weighted by molar-refractivity contribution is -0.115. The average Bonchev–Trinajstić information content (AvgIpc) is 2.56. The highest BCUT2D eigenvalue weighted by atomic mass is 127. The van der Waals surface area contributed by atoms with Gasteiger partial charge in [-0.1, -0.05) is 6.92 Å². The number of halogens is 1. The van der Waals surface area contributed by atoms with Crippen LogP contribution in [0.15, 0.2) is 42.5 Å². The first-order chi connectivity index (χ1) is 11.0. The Labute approximate surface area is 148 Å². The Hall–Kier alpha value is -2.09. The molecule has 0 bridgehead atoms. The minimum atomic E-state index is -0.448. The Morgan fingerprint density at radius 1 is 1.13 bits per heavy atom. The van der Waals surface area contributed by atoms with Crippen LogP contribution >= 0.6 is 22.6 Å². The lowest BCUT2D eigenvalue weighted by Crippen LogP contribution is -2.10. The van der Waals surface area contributed by atoms with Crippen LogP contribution in [-0.4, -0.2) is 19.0 Å². The Balaban J connectivity index is 2.05. The number of benzene rings is 2. The van der Waals surface area contributed by atoms with E-state index in [4.69, 9.17) is 9.47 Å². The molecule has 1 N–H and O–H groups in total. The summed E-state index contributed by atoms with van der Waals surface area (Å²) in [6, 6.07) is 11.7. The molecule has 0 aliphatic rings. The third-order valence-corrected chi connectivity index (χ3v) is 3.90. The highest BCUT2D eigenvalue weighted by molar-refractivity contribution is 14.1. The number of nitrogens with one attached hydrogen (secondary N) is 1. The molecule has 120 valence electrons. The fraction of sp³-hybridized carbons (Fsp3) is 0.176. The van der Waals surface area contributed by atoms with Crippen LogP contribution < -0.4 is 14.8 Å². The summed E-state index contributed by atoms with van der Waals surface area (Å²) >= 11 is 2.10. The predicted octanol–water partition coefficient (Wildman–Crippen LogP) is 3.87. The third-order valence-electron chi connectivity index (χ3n) is 3.06. The van der Waals surface area contributed by atoms with Gasteiger partial charge in [0.15, 0.2) is 0 Å². The van der Waals surface area contributed by atoms with Gasteiger partial charge in [-0.05, 0) is 65.1 Å². The number of hydrogen-bond donors (Lipinski definition) is 1. The van der Waals surface area contributed by atoms with Crippen LogP contribution in [0.4, 0.5) is 5.69 Å². The number of methoxy groups -OCH3 is 1. The molecule has 0 heterocycles. The second-order valence-electron chi connectivity index (χ2n) is 4.66. The number of carbonyl (C=O) groups excluding carboxylic acids is 2. The Bertz CT molecular complexity index is 713. The van der Waals surface area contributed by atoms with Gasteiger partial charge in [0.05, 0.1) is 16.2 Å². The van der Waals surface area contributed by atoms with E-state index >= 15 is 0 Å². The molecule has 0 radical (unpaired) electrons. The lowest BCUT2D eigenvalue weighted by atomic mass is 10.2. The Kier molecular flexibility index (Phi) is 5.97. The lowest BCUT2D eigenvalue weighted by Gasteiger charge is -2.08. The molecule has 1 amide bonds. The number of rotatable bonds is 5. The quantitative estimate of drug-likeness (QED) is 0.449. The second-order valence-corrected chi connectivity index (χ2v) is 5.83. The van der Waals surface area contributed by atoms with Crippen LogP contribution in [0.25, 0.3) is 0 Å². The minimum absolute atomic E-state index is 0.0671. The van der Waals surface area contributed by atoms with Crippen LogP contribution in [0.1, 0.15) is 23.7 Å². The maximum absolute atomic E-state index is 12.1. The molecule has 0 atom stereocenters. The van der Waals surface area contributed by atoms with E-state index < -0.39 is 5.97 Å². The monoisotopic (exact) mass is 425 g/mol. The van der Waals surface area contributed by atoms with Crippen LogP contribution in [0.5, 0.6) is 11.5 Å². The smallest absolute Gasteiger partial charge is 0.343 e. The SMILES string of the molecule is CCC(=O)Nc1ccc(OC(=O)c2ccc(OC)c(I)c2)cc1. The minimum Gasteiger partial charge on any atom is -0.496 e. The van der Waals surface area contributed by atoms with E-state index in [-0.39, 0.29) is 5.91 Å². The molecular weight excluding hydrogens is 409 g/mol. The fourth-order valence-corrected chi connectivity index (χ4v) is 2.55. The topological polar surface area (TPSA) is 64.6 Å². The van der Waals surface area contributed by atoms with E-state index in [0.29, 0.717) is 29.2 Å². The van der Waals surface area contributed by atoms with Crippen molar-refractivity contribution in [3.8, 4) is 11.5 Å². The number of esters is 1. The second kappa shape index (κ2) is 7.96. The predicted molar refractivity (Wildman–Crippen MR) is 96.0 cm³/mol. The van der Waals surface area contributed by atoms with Gasteiger partial charge in [0, 0.05) is 12.1 Å². The summed E-state index contributed by atoms with van der Waals surface area (Å²) in [6.07, 6.45) is 0.410. The summed E-state index contributed by atoms with van der Waals surface area (Å²) in [6.45, 7) is 1.78. The van der Waals surface area contributed by atoms with Crippen LogP contribution in [0.3, 0.4) is 0 Å². The number of anilines is 1. The van der Waals surface area contributed by atoms with Crippen LogP contribution in [0.2, 0.25) is 0 Å². The molecule has 0 saturated heterocycles. The van der Waals surface area contributed by atoms with E-state index in [9.17, 15) is 9.59 Å². The molecule has 5 nitrogen and oxygen atoms in total. The van der Waals surface area contributed by atoms with Crippen molar-refractivity contribution in [2.24, 2.45) is 0 Å². The van der Waals surface area contributed by atoms with E-state index in [0.717, 1.165) is 3.57 Å². The Morgan fingerprint density at radius 2 is 1.83 bits per heavy atom. The maximum atomic E-state index is 12.1. The molecule has 0 spiro atoms. The molecular formula is C17H16INO4. The highest BCUT2D eigenvalue weighted by Crippen LogP contribution is 2.23. The van der Waals surface area contributed by atoms with Crippen molar-refractivity contribution in [3.05, 3.63) is 51.6 Å². The summed E-state index contributed by atoms with van der Waals surface area (Å²) in [5, 5.41) is 2.73. The van der Waals surface area contributed by atoms with Crippen molar-refractivity contribution in [2.45, 2.75) is 13.3 Å². The van der Waals surface area contributed by atoms with Gasteiger partial charge < -0.3 is 14.8 Å². The van der Waals surface area contributed by atoms with E-state index in [1.165, 1.54) is 0 Å². The number of carbonyl (C=O) groups is 2. The molecule has 0 fully saturated rings. The van der Waals surface area contributed by atoms with Crippen molar-refractivity contribution in [3.63, 3.8) is 0 Å². The van der Waals surface area contributed by atoms with Crippen molar-refractivity contribution in [1.82, 2.24) is 0 Å². The number of ether oxygens (including phenoxy) is 2. The molecule has 0 aromatic heterocycles. The normalized spacial score (nSPS) is 10.0. The van der Waals surface area contributed by atoms with Gasteiger partial charge in [0.25, 0.3) is 0 Å². The molecule has 2 aromatic carbocycles. The molecule has 0 aliphatic carbocycles. The molecule has 0 aliphatic heterocycles. The van der Waals surface area contributed by atoms with Crippen molar-refractivity contribution >= 4 is 40.2 Å². The highest BCUT2D eigenvalue weighted by Gasteiger charge is 2.11. The number of hydrogen-bond acceptors (Lipinski definition) is 4. The summed E-state index contributed by atoms with van der Waals surface area (Å²) in [7, 11) is 1.58. The summed E-state index contributed by atoms with van der Waals surface area (Å²) in [5.41, 5.74) is 1.11. The molecule has 23 heavy (non-hydrogen) atoms. The first-order valence-corrected chi connectivity index (χ1v) is 8.07. The number of amides is 1. The molecule has 6 heteroatoms. The van der Waals surface area contributed by atoms with Crippen molar-refractivity contribution in [2.75, 3.05) is 12.4 Å². The van der Waals surface area contributed by atoms with Gasteiger partial charge in [-0.15, -0.1) is 0 Å². The molecule has 2 aromatic rings. The van der Waals surface area contributed by atoms with Crippen LogP contribution in [-0.2, 0) is 4.79 Å². The van der Waals surface area contributed by atoms with Gasteiger partial charge in [-0.3, -0.25) is 4.79 Å². The van der Waals surface area contributed by atoms with Gasteiger partial charge in [0.2, 0.25) is 5.91 Å². The van der Waals surface area contributed by atoms with Crippen molar-refractivity contribution < 1.29 is 19.1 Å². The maximum Gasteiger partial charge on any atom is 0.343 e. The molecule has 0 saturated carbocycles.